The lowest BCUT2D eigenvalue weighted by atomic mass is 9.75. The van der Waals surface area contributed by atoms with Gasteiger partial charge in [-0.15, -0.1) is 4.97 Å². The van der Waals surface area contributed by atoms with Crippen LogP contribution < -0.4 is 5.46 Å². The van der Waals surface area contributed by atoms with Crippen molar-refractivity contribution in [1.82, 2.24) is 4.97 Å². The van der Waals surface area contributed by atoms with Crippen molar-refractivity contribution in [3.63, 3.8) is 0 Å². The summed E-state index contributed by atoms with van der Waals surface area (Å²) in [5, 5.41) is 18.0. The van der Waals surface area contributed by atoms with Crippen molar-refractivity contribution in [3.05, 3.63) is 29.6 Å². The predicted octanol–water partition coefficient (Wildman–Crippen LogP) is 0.267. The van der Waals surface area contributed by atoms with Gasteiger partial charge in [-0.05, 0) is 23.7 Å². The van der Waals surface area contributed by atoms with Crippen LogP contribution in [0.1, 0.15) is 5.56 Å². The molecule has 1 aromatic rings. The van der Waals surface area contributed by atoms with Crippen LogP contribution >= 0.6 is 0 Å². The summed E-state index contributed by atoms with van der Waals surface area (Å²) in [5.41, 5.74) is -0.911. The molecule has 0 atom stereocenters. The molecule has 1 heterocycles. The first-order valence-electron chi connectivity index (χ1n) is 3.78. The summed E-state index contributed by atoms with van der Waals surface area (Å²) < 4.78 is 38.9. The predicted molar refractivity (Wildman–Crippen MR) is 41.5 cm³/mol. The molecule has 1 aliphatic heterocycles. The Balaban J connectivity index is 2.62. The first-order valence-corrected chi connectivity index (χ1v) is 3.78. The second-order valence-electron chi connectivity index (χ2n) is 2.99. The second kappa shape index (κ2) is 2.72. The number of fused-ring (bicyclic) bond motifs is 1. The zero-order chi connectivity index (χ0) is 10.5. The molecule has 0 saturated heterocycles. The Hall–Kier alpha value is -1.05. The number of nitrogens with zero attached hydrogens (tertiary/aromatic N) is 1. The number of hydrogen-bond acceptors (Lipinski definition) is 3. The van der Waals surface area contributed by atoms with Gasteiger partial charge in [-0.1, -0.05) is 0 Å². The third-order valence-electron chi connectivity index (χ3n) is 2.14. The minimum Gasteiger partial charge on any atom is -0.432 e. The van der Waals surface area contributed by atoms with E-state index in [9.17, 15) is 13.2 Å². The van der Waals surface area contributed by atoms with E-state index in [4.69, 9.17) is 10.2 Å². The first-order chi connectivity index (χ1) is 6.44. The molecule has 0 spiro atoms. The van der Waals surface area contributed by atoms with Crippen LogP contribution in [0.4, 0.5) is 13.2 Å². The average molecular weight is 203 g/mol. The third kappa shape index (κ3) is 1.06. The first kappa shape index (κ1) is 9.51. The zero-order valence-electron chi connectivity index (χ0n) is 6.78. The number of benzene rings is 1. The highest BCUT2D eigenvalue weighted by Gasteiger charge is 2.54. The Morgan fingerprint density at radius 3 is 2.64 bits per heavy atom. The van der Waals surface area contributed by atoms with E-state index in [2.05, 4.69) is 0 Å². The molecular weight excluding hydrogens is 198 g/mol. The maximum Gasteiger partial charge on any atom is 0.447 e. The molecule has 2 N–H and O–H groups in total. The quantitative estimate of drug-likeness (QED) is 0.469. The van der Waals surface area contributed by atoms with Gasteiger partial charge in [-0.3, -0.25) is 0 Å². The Morgan fingerprint density at radius 1 is 1.36 bits per heavy atom. The summed E-state index contributed by atoms with van der Waals surface area (Å²) in [6.45, 7) is 0. The largest absolute Gasteiger partial charge is 0.447 e. The highest BCUT2D eigenvalue weighted by Crippen LogP contribution is 2.35. The van der Waals surface area contributed by atoms with Crippen molar-refractivity contribution in [2.75, 3.05) is 0 Å². The van der Waals surface area contributed by atoms with Crippen molar-refractivity contribution in [3.8, 4) is 0 Å². The molecule has 0 aliphatic carbocycles. The van der Waals surface area contributed by atoms with E-state index < -0.39 is 29.5 Å². The third-order valence-corrected chi connectivity index (χ3v) is 2.14. The van der Waals surface area contributed by atoms with Crippen LogP contribution in [-0.4, -0.2) is 22.3 Å². The fourth-order valence-electron chi connectivity index (χ4n) is 1.43. The van der Waals surface area contributed by atoms with E-state index in [1.165, 1.54) is 0 Å². The standard InChI is InChI=1S/C7H5BF3NO2/c9-4-1-2-5-6(3-4)8(13)12(14)7(5,10)11/h1-3,13-14H. The number of hydroxylamine groups is 1. The topological polar surface area (TPSA) is 43.7 Å². The number of hydrogen-bond donors (Lipinski definition) is 2. The van der Waals surface area contributed by atoms with Gasteiger partial charge >= 0.3 is 13.1 Å². The van der Waals surface area contributed by atoms with Crippen molar-refractivity contribution in [1.29, 1.82) is 0 Å². The minimum atomic E-state index is -3.68. The molecule has 74 valence electrons. The SMILES string of the molecule is OB1c2cc(F)ccc2C(F)(F)N1O. The lowest BCUT2D eigenvalue weighted by Gasteiger charge is -2.18. The Labute approximate surface area is 77.5 Å². The number of alkyl halides is 2. The molecule has 1 aromatic carbocycles. The van der Waals surface area contributed by atoms with Crippen molar-refractivity contribution in [2.45, 2.75) is 6.05 Å². The maximum atomic E-state index is 13.1. The lowest BCUT2D eigenvalue weighted by molar-refractivity contribution is -0.242. The molecule has 1 aliphatic rings. The molecule has 0 bridgehead atoms. The van der Waals surface area contributed by atoms with Gasteiger partial charge in [0.15, 0.2) is 0 Å². The van der Waals surface area contributed by atoms with E-state index in [0.717, 1.165) is 18.2 Å². The summed E-state index contributed by atoms with van der Waals surface area (Å²) in [6, 6.07) is -1.23. The van der Waals surface area contributed by atoms with Crippen LogP contribution in [0.15, 0.2) is 18.2 Å². The molecule has 3 nitrogen and oxygen atoms in total. The van der Waals surface area contributed by atoms with Crippen LogP contribution in [-0.2, 0) is 6.05 Å². The van der Waals surface area contributed by atoms with Gasteiger partial charge in [0.05, 0.1) is 0 Å². The van der Waals surface area contributed by atoms with Gasteiger partial charge in [0.25, 0.3) is 0 Å². The summed E-state index contributed by atoms with van der Waals surface area (Å²) in [6.07, 6.45) is 0. The van der Waals surface area contributed by atoms with Crippen LogP contribution in [0.2, 0.25) is 0 Å². The summed E-state index contributed by atoms with van der Waals surface area (Å²) in [7, 11) is -1.89. The van der Waals surface area contributed by atoms with E-state index in [-0.39, 0.29) is 5.46 Å². The molecule has 0 fully saturated rings. The van der Waals surface area contributed by atoms with E-state index in [1.54, 1.807) is 0 Å². The minimum absolute atomic E-state index is 0.322. The molecule has 0 unspecified atom stereocenters. The van der Waals surface area contributed by atoms with Crippen LogP contribution in [0.5, 0.6) is 0 Å². The Morgan fingerprint density at radius 2 is 2.00 bits per heavy atom. The van der Waals surface area contributed by atoms with Crippen LogP contribution in [0, 0.1) is 5.82 Å². The molecule has 0 aromatic heterocycles. The monoisotopic (exact) mass is 203 g/mol. The summed E-state index contributed by atoms with van der Waals surface area (Å²) >= 11 is 0. The smallest absolute Gasteiger partial charge is 0.432 e. The van der Waals surface area contributed by atoms with E-state index >= 15 is 0 Å². The molecular formula is C7H5BF3NO2. The van der Waals surface area contributed by atoms with Crippen molar-refractivity contribution in [2.24, 2.45) is 0 Å². The van der Waals surface area contributed by atoms with Crippen molar-refractivity contribution >= 4 is 12.5 Å². The van der Waals surface area contributed by atoms with Crippen LogP contribution in [0.3, 0.4) is 0 Å². The van der Waals surface area contributed by atoms with Gasteiger partial charge in [-0.2, -0.15) is 8.78 Å². The van der Waals surface area contributed by atoms with Crippen molar-refractivity contribution < 1.29 is 23.4 Å². The molecule has 0 saturated carbocycles. The van der Waals surface area contributed by atoms with Gasteiger partial charge in [-0.25, -0.2) is 4.39 Å². The summed E-state index contributed by atoms with van der Waals surface area (Å²) in [4.78, 5) is -0.503. The van der Waals surface area contributed by atoms with E-state index in [1.807, 2.05) is 0 Å². The molecule has 7 heteroatoms. The van der Waals surface area contributed by atoms with Gasteiger partial charge in [0, 0.05) is 5.56 Å². The Kier molecular flexibility index (Phi) is 1.85. The Bertz CT molecular complexity index is 387. The number of halogens is 3. The molecule has 2 rings (SSSR count). The second-order valence-corrected chi connectivity index (χ2v) is 2.99. The lowest BCUT2D eigenvalue weighted by Crippen LogP contribution is -2.44. The zero-order valence-corrected chi connectivity index (χ0v) is 6.78. The average Bonchev–Trinajstić information content (AvgIpc) is 2.28. The highest BCUT2D eigenvalue weighted by atomic mass is 19.3. The highest BCUT2D eigenvalue weighted by molar-refractivity contribution is 6.65. The summed E-state index contributed by atoms with van der Waals surface area (Å²) in [5.74, 6) is -0.742. The normalized spacial score (nSPS) is 19.9. The fourth-order valence-corrected chi connectivity index (χ4v) is 1.43. The van der Waals surface area contributed by atoms with Crippen LogP contribution in [0.25, 0.3) is 0 Å². The fraction of sp³-hybridized carbons (Fsp3) is 0.143. The van der Waals surface area contributed by atoms with Gasteiger partial charge < -0.3 is 10.2 Å². The molecule has 14 heavy (non-hydrogen) atoms. The molecule has 0 amide bonds. The maximum absolute atomic E-state index is 13.1. The molecule has 0 radical (unpaired) electrons. The number of rotatable bonds is 0. The van der Waals surface area contributed by atoms with Gasteiger partial charge in [0.1, 0.15) is 5.82 Å². The van der Waals surface area contributed by atoms with E-state index in [0.29, 0.717) is 0 Å². The van der Waals surface area contributed by atoms with Gasteiger partial charge in [0.2, 0.25) is 0 Å².